The van der Waals surface area contributed by atoms with E-state index in [1.54, 1.807) is 12.4 Å². The normalized spacial score (nSPS) is 24.5. The Balaban J connectivity index is 1.30. The van der Waals surface area contributed by atoms with Gasteiger partial charge in [-0.25, -0.2) is 19.7 Å². The standard InChI is InChI=1S/C33H35F3N8O2/c1-20(34)31(45)44-11-10-42(18-23(44)14-37-2)30-26-16-39-28(25-15-38-13-21-6-3-4-7-24(21)25)27(36)29(26)40-32(41-30)46-19-33-8-5-9-43(33)17-22(35)12-33/h13,15-16,22-23H,1,3-12,14,17-19H2/t22-,23+,33+/m1/s1. The topological polar surface area (TPSA) is 91.9 Å². The van der Waals surface area contributed by atoms with Gasteiger partial charge in [0.2, 0.25) is 6.54 Å². The Morgan fingerprint density at radius 1 is 1.13 bits per heavy atom. The number of alkyl halides is 1. The van der Waals surface area contributed by atoms with Gasteiger partial charge in [0.1, 0.15) is 35.8 Å². The number of nitrogens with zero attached hydrogens (tertiary/aromatic N) is 8. The van der Waals surface area contributed by atoms with Crippen LogP contribution in [0.25, 0.3) is 27.0 Å². The highest BCUT2D eigenvalue weighted by atomic mass is 19.1. The van der Waals surface area contributed by atoms with E-state index in [0.29, 0.717) is 29.7 Å². The molecule has 3 aromatic heterocycles. The number of piperazine rings is 1. The van der Waals surface area contributed by atoms with Crippen LogP contribution in [-0.4, -0.2) is 99.3 Å². The van der Waals surface area contributed by atoms with Crippen molar-refractivity contribution in [2.75, 3.05) is 50.8 Å². The largest absolute Gasteiger partial charge is 0.461 e. The first-order chi connectivity index (χ1) is 22.3. The fourth-order valence-electron chi connectivity index (χ4n) is 7.76. The van der Waals surface area contributed by atoms with Gasteiger partial charge >= 0.3 is 6.01 Å². The van der Waals surface area contributed by atoms with Gasteiger partial charge in [0.25, 0.3) is 5.91 Å². The highest BCUT2D eigenvalue weighted by molar-refractivity contribution is 5.93. The number of aromatic nitrogens is 4. The average molecular weight is 633 g/mol. The minimum Gasteiger partial charge on any atom is -0.461 e. The Bertz CT molecular complexity index is 1750. The molecule has 7 rings (SSSR count). The number of pyridine rings is 2. The molecule has 13 heteroatoms. The van der Waals surface area contributed by atoms with Crippen LogP contribution in [0.3, 0.4) is 0 Å². The second-order valence-corrected chi connectivity index (χ2v) is 12.8. The monoisotopic (exact) mass is 632 g/mol. The van der Waals surface area contributed by atoms with E-state index in [-0.39, 0.29) is 50.0 Å². The summed E-state index contributed by atoms with van der Waals surface area (Å²) in [6.07, 6.45) is 9.91. The van der Waals surface area contributed by atoms with Gasteiger partial charge < -0.3 is 19.4 Å². The number of hydrogen-bond donors (Lipinski definition) is 0. The number of carbonyl (C=O) groups is 1. The average Bonchev–Trinajstić information content (AvgIpc) is 3.59. The lowest BCUT2D eigenvalue weighted by Gasteiger charge is -2.39. The minimum absolute atomic E-state index is 0.0198. The number of ether oxygens (including phenoxy) is 1. The molecule has 6 heterocycles. The predicted molar refractivity (Wildman–Crippen MR) is 165 cm³/mol. The number of amides is 1. The molecular weight excluding hydrogens is 597 g/mol. The van der Waals surface area contributed by atoms with Gasteiger partial charge in [-0.05, 0) is 56.2 Å². The Morgan fingerprint density at radius 2 is 1.98 bits per heavy atom. The quantitative estimate of drug-likeness (QED) is 0.278. The summed E-state index contributed by atoms with van der Waals surface area (Å²) in [6, 6.07) is -0.696. The van der Waals surface area contributed by atoms with Crippen LogP contribution in [0.1, 0.15) is 43.2 Å². The molecule has 46 heavy (non-hydrogen) atoms. The molecule has 240 valence electrons. The van der Waals surface area contributed by atoms with E-state index < -0.39 is 35.3 Å². The summed E-state index contributed by atoms with van der Waals surface area (Å²) < 4.78 is 51.2. The van der Waals surface area contributed by atoms with Crippen LogP contribution < -0.4 is 9.64 Å². The number of anilines is 1. The number of halogens is 3. The van der Waals surface area contributed by atoms with Crippen molar-refractivity contribution in [2.24, 2.45) is 0 Å². The Morgan fingerprint density at radius 3 is 2.80 bits per heavy atom. The predicted octanol–water partition coefficient (Wildman–Crippen LogP) is 4.48. The Kier molecular flexibility index (Phi) is 8.00. The highest BCUT2D eigenvalue weighted by Gasteiger charge is 2.49. The van der Waals surface area contributed by atoms with Crippen molar-refractivity contribution in [1.82, 2.24) is 29.7 Å². The van der Waals surface area contributed by atoms with Crippen LogP contribution in [-0.2, 0) is 17.6 Å². The van der Waals surface area contributed by atoms with E-state index in [2.05, 4.69) is 31.3 Å². The van der Waals surface area contributed by atoms with Gasteiger partial charge in [0.15, 0.2) is 11.6 Å². The molecule has 3 atom stereocenters. The van der Waals surface area contributed by atoms with Gasteiger partial charge in [0, 0.05) is 56.8 Å². The number of carbonyl (C=O) groups excluding carboxylic acids is 1. The summed E-state index contributed by atoms with van der Waals surface area (Å²) in [5.74, 6) is -2.24. The molecule has 1 aliphatic carbocycles. The Labute approximate surface area is 265 Å². The zero-order valence-electron chi connectivity index (χ0n) is 25.5. The molecule has 0 saturated carbocycles. The summed E-state index contributed by atoms with van der Waals surface area (Å²) in [6.45, 7) is 12.3. The maximum atomic E-state index is 16.7. The molecule has 0 bridgehead atoms. The van der Waals surface area contributed by atoms with Crippen molar-refractivity contribution in [3.63, 3.8) is 0 Å². The summed E-state index contributed by atoms with van der Waals surface area (Å²) >= 11 is 0. The third kappa shape index (κ3) is 5.32. The van der Waals surface area contributed by atoms with Gasteiger partial charge in [-0.2, -0.15) is 9.97 Å². The zero-order chi connectivity index (χ0) is 32.0. The van der Waals surface area contributed by atoms with Crippen LogP contribution in [0.2, 0.25) is 0 Å². The van der Waals surface area contributed by atoms with E-state index in [4.69, 9.17) is 16.3 Å². The van der Waals surface area contributed by atoms with Crippen molar-refractivity contribution >= 4 is 22.6 Å². The molecule has 3 aliphatic heterocycles. The zero-order valence-corrected chi connectivity index (χ0v) is 25.5. The van der Waals surface area contributed by atoms with Gasteiger partial charge in [-0.15, -0.1) is 0 Å². The summed E-state index contributed by atoms with van der Waals surface area (Å²) in [7, 11) is 0. The van der Waals surface area contributed by atoms with E-state index in [1.807, 2.05) is 11.1 Å². The number of rotatable bonds is 7. The maximum Gasteiger partial charge on any atom is 0.319 e. The first kappa shape index (κ1) is 30.3. The van der Waals surface area contributed by atoms with Gasteiger partial charge in [0.05, 0.1) is 10.9 Å². The van der Waals surface area contributed by atoms with Crippen LogP contribution >= 0.6 is 0 Å². The third-order valence-corrected chi connectivity index (χ3v) is 9.98. The molecule has 0 radical (unpaired) electrons. The van der Waals surface area contributed by atoms with Gasteiger partial charge in [-0.3, -0.25) is 19.7 Å². The van der Waals surface area contributed by atoms with Crippen molar-refractivity contribution in [3.05, 3.63) is 59.4 Å². The van der Waals surface area contributed by atoms with Crippen molar-refractivity contribution in [1.29, 1.82) is 0 Å². The van der Waals surface area contributed by atoms with E-state index in [9.17, 15) is 13.6 Å². The molecule has 0 spiro atoms. The molecular formula is C33H35F3N8O2. The first-order valence-electron chi connectivity index (χ1n) is 15.9. The number of aryl methyl sites for hydroxylation is 1. The molecule has 0 unspecified atom stereocenters. The smallest absolute Gasteiger partial charge is 0.319 e. The third-order valence-electron chi connectivity index (χ3n) is 9.98. The lowest BCUT2D eigenvalue weighted by Crippen LogP contribution is -2.56. The molecule has 10 nitrogen and oxygen atoms in total. The SMILES string of the molecule is [C-]#[N+]C[C@H]1CN(c2nc(OC[C@@]34CCCN3C[C@H](F)C4)nc3c(F)c(-c4cncc5c4CCCC5)ncc23)CCN1C(=O)C(=C)F. The molecule has 3 fully saturated rings. The summed E-state index contributed by atoms with van der Waals surface area (Å²) in [4.78, 5) is 39.5. The summed E-state index contributed by atoms with van der Waals surface area (Å²) in [5.41, 5.74) is 2.47. The van der Waals surface area contributed by atoms with Crippen molar-refractivity contribution in [3.8, 4) is 17.3 Å². The van der Waals surface area contributed by atoms with Crippen LogP contribution in [0.5, 0.6) is 6.01 Å². The lowest BCUT2D eigenvalue weighted by atomic mass is 9.89. The molecule has 0 N–H and O–H groups in total. The molecule has 3 saturated heterocycles. The van der Waals surface area contributed by atoms with Crippen molar-refractivity contribution < 1.29 is 22.7 Å². The van der Waals surface area contributed by atoms with Gasteiger partial charge in [-0.1, -0.05) is 6.58 Å². The number of fused-ring (bicyclic) bond motifs is 3. The minimum atomic E-state index is -1.09. The van der Waals surface area contributed by atoms with Crippen LogP contribution in [0.4, 0.5) is 19.0 Å². The van der Waals surface area contributed by atoms with E-state index in [0.717, 1.165) is 56.2 Å². The molecule has 1 amide bonds. The second kappa shape index (κ2) is 12.1. The molecule has 4 aliphatic rings. The first-order valence-corrected chi connectivity index (χ1v) is 15.9. The van der Waals surface area contributed by atoms with Crippen LogP contribution in [0.15, 0.2) is 31.0 Å². The molecule has 0 aromatic carbocycles. The Hall–Kier alpha value is -4.31. The second-order valence-electron chi connectivity index (χ2n) is 12.8. The lowest BCUT2D eigenvalue weighted by molar-refractivity contribution is -0.131. The highest BCUT2D eigenvalue weighted by Crippen LogP contribution is 2.41. The maximum absolute atomic E-state index is 16.7. The van der Waals surface area contributed by atoms with Crippen LogP contribution in [0, 0.1) is 12.4 Å². The van der Waals surface area contributed by atoms with E-state index >= 15 is 4.39 Å². The fourth-order valence-corrected chi connectivity index (χ4v) is 7.76. The number of hydrogen-bond acceptors (Lipinski definition) is 8. The molecule has 3 aromatic rings. The summed E-state index contributed by atoms with van der Waals surface area (Å²) in [5, 5.41) is 0.341. The van der Waals surface area contributed by atoms with E-state index in [1.165, 1.54) is 4.90 Å². The van der Waals surface area contributed by atoms with Crippen molar-refractivity contribution in [2.45, 2.75) is 62.7 Å². The fraction of sp³-hybridized carbons (Fsp3) is 0.515.